The van der Waals surface area contributed by atoms with Crippen LogP contribution in [0.1, 0.15) is 5.56 Å². The first-order valence-corrected chi connectivity index (χ1v) is 8.94. The van der Waals surface area contributed by atoms with Gasteiger partial charge in [-0.15, -0.1) is 0 Å². The van der Waals surface area contributed by atoms with Crippen LogP contribution in [-0.4, -0.2) is 20.2 Å². The van der Waals surface area contributed by atoms with Gasteiger partial charge in [0.25, 0.3) is 0 Å². The Kier molecular flexibility index (Phi) is 5.65. The summed E-state index contributed by atoms with van der Waals surface area (Å²) in [5.41, 5.74) is 5.55. The van der Waals surface area contributed by atoms with Crippen molar-refractivity contribution in [1.82, 2.24) is 14.5 Å². The van der Waals surface area contributed by atoms with E-state index in [2.05, 4.69) is 52.4 Å². The van der Waals surface area contributed by atoms with Gasteiger partial charge >= 0.3 is 0 Å². The Morgan fingerprint density at radius 1 is 1.17 bits per heavy atom. The van der Waals surface area contributed by atoms with Crippen molar-refractivity contribution in [3.8, 4) is 0 Å². The lowest BCUT2D eigenvalue weighted by atomic mass is 10.1. The lowest BCUT2D eigenvalue weighted by Crippen LogP contribution is -2.13. The fourth-order valence-electron chi connectivity index (χ4n) is 2.04. The number of rotatable bonds is 5. The summed E-state index contributed by atoms with van der Waals surface area (Å²) in [5.74, 6) is 0. The average molecular weight is 470 g/mol. The molecule has 0 aliphatic carbocycles. The number of nitrogens with one attached hydrogen (secondary N) is 1. The molecule has 1 N–H and O–H groups in total. The minimum Gasteiger partial charge on any atom is -0.330 e. The van der Waals surface area contributed by atoms with Crippen molar-refractivity contribution in [2.24, 2.45) is 5.10 Å². The zero-order chi connectivity index (χ0) is 16.9. The third-order valence-corrected chi connectivity index (χ3v) is 4.35. The van der Waals surface area contributed by atoms with Crippen LogP contribution in [0.2, 0.25) is 5.02 Å². The second kappa shape index (κ2) is 7.92. The molecule has 0 spiro atoms. The van der Waals surface area contributed by atoms with Gasteiger partial charge in [-0.25, -0.2) is 9.97 Å². The molecule has 0 bridgehead atoms. The van der Waals surface area contributed by atoms with Crippen LogP contribution in [0.3, 0.4) is 0 Å². The molecule has 0 aliphatic heterocycles. The molecular formula is C16H12Br2ClN5. The summed E-state index contributed by atoms with van der Waals surface area (Å²) in [6.45, 7) is 0.548. The number of aromatic nitrogens is 3. The largest absolute Gasteiger partial charge is 0.330 e. The molecule has 0 radical (unpaired) electrons. The van der Waals surface area contributed by atoms with E-state index in [1.807, 2.05) is 47.2 Å². The van der Waals surface area contributed by atoms with E-state index in [9.17, 15) is 0 Å². The van der Waals surface area contributed by atoms with Crippen LogP contribution in [0.15, 0.2) is 69.4 Å². The smallest absolute Gasteiger partial charge is 0.124 e. The van der Waals surface area contributed by atoms with Crippen LogP contribution in [0.5, 0.6) is 0 Å². The minimum absolute atomic E-state index is 0.548. The van der Waals surface area contributed by atoms with Gasteiger partial charge in [0.15, 0.2) is 0 Å². The third kappa shape index (κ3) is 4.43. The average Bonchev–Trinajstić information content (AvgIpc) is 2.98. The topological polar surface area (TPSA) is 55.1 Å². The maximum Gasteiger partial charge on any atom is 0.124 e. The molecule has 0 fully saturated rings. The SMILES string of the molecule is Clc1ccccc1N/N=C(\Cn1cnc(Br)c1)c1ccnc(Br)c1. The lowest BCUT2D eigenvalue weighted by molar-refractivity contribution is 0.848. The molecule has 1 aromatic carbocycles. The summed E-state index contributed by atoms with van der Waals surface area (Å²) in [4.78, 5) is 8.33. The van der Waals surface area contributed by atoms with Crippen molar-refractivity contribution in [3.05, 3.63) is 74.9 Å². The maximum atomic E-state index is 6.17. The van der Waals surface area contributed by atoms with Crippen LogP contribution < -0.4 is 5.43 Å². The molecular weight excluding hydrogens is 457 g/mol. The Morgan fingerprint density at radius 3 is 2.71 bits per heavy atom. The van der Waals surface area contributed by atoms with Crippen molar-refractivity contribution >= 4 is 54.9 Å². The standard InChI is InChI=1S/C16H12Br2ClN5/c17-15-7-11(5-6-20-15)14(8-24-9-16(18)21-10-24)23-22-13-4-2-1-3-12(13)19/h1-7,9-10,22H,8H2/b23-14+. The summed E-state index contributed by atoms with van der Waals surface area (Å²) in [7, 11) is 0. The molecule has 3 aromatic rings. The number of halogens is 3. The van der Waals surface area contributed by atoms with Gasteiger partial charge in [0.1, 0.15) is 9.21 Å². The van der Waals surface area contributed by atoms with Crippen LogP contribution >= 0.6 is 43.5 Å². The van der Waals surface area contributed by atoms with E-state index in [1.54, 1.807) is 12.5 Å². The van der Waals surface area contributed by atoms with Crippen molar-refractivity contribution < 1.29 is 0 Å². The number of benzene rings is 1. The van der Waals surface area contributed by atoms with Gasteiger partial charge in [-0.3, -0.25) is 5.43 Å². The van der Waals surface area contributed by atoms with Gasteiger partial charge in [-0.05, 0) is 56.1 Å². The molecule has 0 amide bonds. The van der Waals surface area contributed by atoms with Crippen molar-refractivity contribution in [2.75, 3.05) is 5.43 Å². The Bertz CT molecular complexity index is 878. The number of para-hydroxylation sites is 1. The Balaban J connectivity index is 1.92. The van der Waals surface area contributed by atoms with Gasteiger partial charge in [0, 0.05) is 18.0 Å². The van der Waals surface area contributed by atoms with Crippen LogP contribution in [-0.2, 0) is 6.54 Å². The van der Waals surface area contributed by atoms with E-state index in [-0.39, 0.29) is 0 Å². The number of anilines is 1. The van der Waals surface area contributed by atoms with E-state index in [0.717, 1.165) is 26.2 Å². The summed E-state index contributed by atoms with van der Waals surface area (Å²) in [6, 6.07) is 11.3. The Morgan fingerprint density at radius 2 is 2.00 bits per heavy atom. The number of nitrogens with zero attached hydrogens (tertiary/aromatic N) is 4. The molecule has 8 heteroatoms. The van der Waals surface area contributed by atoms with E-state index in [1.165, 1.54) is 0 Å². The Labute approximate surface area is 161 Å². The number of hydrogen-bond donors (Lipinski definition) is 1. The lowest BCUT2D eigenvalue weighted by Gasteiger charge is -2.10. The second-order valence-corrected chi connectivity index (χ2v) is 6.92. The number of imidazole rings is 1. The van der Waals surface area contributed by atoms with E-state index in [4.69, 9.17) is 11.6 Å². The van der Waals surface area contributed by atoms with Crippen molar-refractivity contribution in [3.63, 3.8) is 0 Å². The molecule has 5 nitrogen and oxygen atoms in total. The molecule has 0 atom stereocenters. The number of pyridine rings is 1. The zero-order valence-electron chi connectivity index (χ0n) is 12.3. The van der Waals surface area contributed by atoms with Gasteiger partial charge in [-0.1, -0.05) is 23.7 Å². The van der Waals surface area contributed by atoms with Crippen LogP contribution in [0.25, 0.3) is 0 Å². The molecule has 24 heavy (non-hydrogen) atoms. The van der Waals surface area contributed by atoms with Crippen molar-refractivity contribution in [1.29, 1.82) is 0 Å². The third-order valence-electron chi connectivity index (χ3n) is 3.18. The first-order chi connectivity index (χ1) is 11.6. The highest BCUT2D eigenvalue weighted by atomic mass is 79.9. The molecule has 3 rings (SSSR count). The van der Waals surface area contributed by atoms with E-state index >= 15 is 0 Å². The first-order valence-electron chi connectivity index (χ1n) is 6.98. The molecule has 122 valence electrons. The highest BCUT2D eigenvalue weighted by Gasteiger charge is 2.08. The first kappa shape index (κ1) is 17.1. The quantitative estimate of drug-likeness (QED) is 0.326. The normalized spacial score (nSPS) is 11.5. The van der Waals surface area contributed by atoms with Crippen LogP contribution in [0, 0.1) is 0 Å². The second-order valence-electron chi connectivity index (χ2n) is 4.89. The molecule has 0 aliphatic rings. The van der Waals surface area contributed by atoms with E-state index in [0.29, 0.717) is 11.6 Å². The summed E-state index contributed by atoms with van der Waals surface area (Å²) < 4.78 is 3.46. The monoisotopic (exact) mass is 467 g/mol. The van der Waals surface area contributed by atoms with Gasteiger partial charge < -0.3 is 4.57 Å². The molecule has 0 saturated heterocycles. The molecule has 2 heterocycles. The summed E-state index contributed by atoms with van der Waals surface area (Å²) >= 11 is 12.9. The molecule has 2 aromatic heterocycles. The van der Waals surface area contributed by atoms with Crippen LogP contribution in [0.4, 0.5) is 5.69 Å². The zero-order valence-corrected chi connectivity index (χ0v) is 16.3. The predicted octanol–water partition coefficient (Wildman–Crippen LogP) is 4.97. The van der Waals surface area contributed by atoms with Gasteiger partial charge in [0.05, 0.1) is 29.3 Å². The summed E-state index contributed by atoms with van der Waals surface area (Å²) in [6.07, 6.45) is 5.36. The molecule has 0 unspecified atom stereocenters. The fraction of sp³-hybridized carbons (Fsp3) is 0.0625. The minimum atomic E-state index is 0.548. The van der Waals surface area contributed by atoms with Gasteiger partial charge in [-0.2, -0.15) is 5.10 Å². The Hall–Kier alpha value is -1.70. The molecule has 0 saturated carbocycles. The fourth-order valence-corrected chi connectivity index (χ4v) is 2.94. The number of hydrazone groups is 1. The highest BCUT2D eigenvalue weighted by Crippen LogP contribution is 2.21. The summed E-state index contributed by atoms with van der Waals surface area (Å²) in [5, 5.41) is 5.15. The maximum absolute atomic E-state index is 6.17. The number of hydrogen-bond acceptors (Lipinski definition) is 4. The predicted molar refractivity (Wildman–Crippen MR) is 103 cm³/mol. The van der Waals surface area contributed by atoms with Gasteiger partial charge in [0.2, 0.25) is 0 Å². The highest BCUT2D eigenvalue weighted by molar-refractivity contribution is 9.10. The van der Waals surface area contributed by atoms with Crippen molar-refractivity contribution in [2.45, 2.75) is 6.54 Å². The van der Waals surface area contributed by atoms with E-state index < -0.39 is 0 Å².